The highest BCUT2D eigenvalue weighted by molar-refractivity contribution is 8.13. The van der Waals surface area contributed by atoms with E-state index in [9.17, 15) is 0 Å². The fourth-order valence-corrected chi connectivity index (χ4v) is 1.84. The Morgan fingerprint density at radius 3 is 3.14 bits per heavy atom. The van der Waals surface area contributed by atoms with Gasteiger partial charge in [0.25, 0.3) is 0 Å². The highest BCUT2D eigenvalue weighted by atomic mass is 32.2. The lowest BCUT2D eigenvalue weighted by molar-refractivity contribution is 0.226. The van der Waals surface area contributed by atoms with E-state index in [0.717, 1.165) is 17.2 Å². The first-order chi connectivity index (χ1) is 6.81. The molecule has 0 saturated heterocycles. The van der Waals surface area contributed by atoms with Gasteiger partial charge in [-0.25, -0.2) is 0 Å². The van der Waals surface area contributed by atoms with Crippen LogP contribution in [0.5, 0.6) is 0 Å². The second kappa shape index (κ2) is 5.75. The number of rotatable bonds is 4. The molecule has 3 nitrogen and oxygen atoms in total. The number of hydrogen-bond acceptors (Lipinski definition) is 4. The molecule has 0 amide bonds. The van der Waals surface area contributed by atoms with Gasteiger partial charge in [0.05, 0.1) is 19.4 Å². The third kappa shape index (κ3) is 2.80. The van der Waals surface area contributed by atoms with Gasteiger partial charge in [0.1, 0.15) is 17.4 Å². The summed E-state index contributed by atoms with van der Waals surface area (Å²) in [6.45, 7) is 4.08. The van der Waals surface area contributed by atoms with Crippen molar-refractivity contribution in [1.29, 1.82) is 0 Å². The normalized spacial score (nSPS) is 20.9. The van der Waals surface area contributed by atoms with Gasteiger partial charge in [-0.3, -0.25) is 4.99 Å². The minimum atomic E-state index is 0.189. The highest BCUT2D eigenvalue weighted by Gasteiger charge is 2.17. The number of dihydropyridines is 1. The molecular weight excluding hydrogens is 198 g/mol. The number of nitrogens with zero attached hydrogens (tertiary/aromatic N) is 1. The van der Waals surface area contributed by atoms with Crippen molar-refractivity contribution in [3.05, 3.63) is 24.7 Å². The molecule has 0 fully saturated rings. The minimum Gasteiger partial charge on any atom is -0.500 e. The minimum absolute atomic E-state index is 0.189. The van der Waals surface area contributed by atoms with Gasteiger partial charge in [0.15, 0.2) is 0 Å². The first-order valence-corrected chi connectivity index (χ1v) is 5.63. The van der Waals surface area contributed by atoms with Gasteiger partial charge in [0, 0.05) is 0 Å². The van der Waals surface area contributed by atoms with Crippen LogP contribution in [0.1, 0.15) is 6.42 Å². The molecule has 1 heterocycles. The molecule has 0 saturated carbocycles. The fraction of sp³-hybridized carbons (Fsp3) is 0.500. The second-order valence-electron chi connectivity index (χ2n) is 2.80. The number of aliphatic imine (C=N–C) groups is 1. The molecule has 4 heteroatoms. The van der Waals surface area contributed by atoms with E-state index < -0.39 is 0 Å². The fourth-order valence-electron chi connectivity index (χ4n) is 1.22. The van der Waals surface area contributed by atoms with Crippen molar-refractivity contribution >= 4 is 16.8 Å². The molecule has 78 valence electrons. The van der Waals surface area contributed by atoms with E-state index in [-0.39, 0.29) is 6.04 Å². The predicted molar refractivity (Wildman–Crippen MR) is 60.6 cm³/mol. The van der Waals surface area contributed by atoms with Gasteiger partial charge in [-0.1, -0.05) is 6.58 Å². The zero-order chi connectivity index (χ0) is 10.4. The summed E-state index contributed by atoms with van der Waals surface area (Å²) in [5.74, 6) is 0.868. The third-order valence-electron chi connectivity index (χ3n) is 1.91. The molecule has 0 N–H and O–H groups in total. The smallest absolute Gasteiger partial charge is 0.146 e. The lowest BCUT2D eigenvalue weighted by atomic mass is 10.2. The largest absolute Gasteiger partial charge is 0.500 e. The van der Waals surface area contributed by atoms with Crippen LogP contribution in [0.3, 0.4) is 0 Å². The van der Waals surface area contributed by atoms with Crippen LogP contribution in [0, 0.1) is 0 Å². The molecule has 1 atom stereocenters. The molecular formula is C10H15NO2S. The Labute approximate surface area is 88.9 Å². The Hall–Kier alpha value is -0.900. The van der Waals surface area contributed by atoms with Crippen molar-refractivity contribution < 1.29 is 9.47 Å². The number of methoxy groups -OCH3 is 1. The molecule has 1 aliphatic rings. The lowest BCUT2D eigenvalue weighted by Crippen LogP contribution is -2.18. The van der Waals surface area contributed by atoms with Crippen LogP contribution < -0.4 is 0 Å². The van der Waals surface area contributed by atoms with Gasteiger partial charge >= 0.3 is 0 Å². The average molecular weight is 213 g/mol. The molecule has 0 aromatic rings. The van der Waals surface area contributed by atoms with Crippen molar-refractivity contribution in [2.45, 2.75) is 12.5 Å². The van der Waals surface area contributed by atoms with Crippen molar-refractivity contribution in [2.24, 2.45) is 4.99 Å². The van der Waals surface area contributed by atoms with Gasteiger partial charge in [-0.2, -0.15) is 0 Å². The van der Waals surface area contributed by atoms with Gasteiger partial charge in [-0.05, 0) is 18.8 Å². The van der Waals surface area contributed by atoms with Crippen LogP contribution in [0.4, 0.5) is 0 Å². The summed E-state index contributed by atoms with van der Waals surface area (Å²) < 4.78 is 10.3. The van der Waals surface area contributed by atoms with Crippen molar-refractivity contribution in [3.63, 3.8) is 0 Å². The maximum absolute atomic E-state index is 5.20. The van der Waals surface area contributed by atoms with E-state index in [1.54, 1.807) is 18.9 Å². The first kappa shape index (κ1) is 11.2. The van der Waals surface area contributed by atoms with Gasteiger partial charge < -0.3 is 9.47 Å². The molecule has 0 aromatic heterocycles. The molecule has 0 radical (unpaired) electrons. The van der Waals surface area contributed by atoms with Crippen LogP contribution in [-0.4, -0.2) is 31.1 Å². The Bertz CT molecular complexity index is 261. The Balaban J connectivity index is 2.58. The van der Waals surface area contributed by atoms with Crippen molar-refractivity contribution in [2.75, 3.05) is 20.0 Å². The van der Waals surface area contributed by atoms with Gasteiger partial charge in [0.2, 0.25) is 0 Å². The van der Waals surface area contributed by atoms with Crippen molar-refractivity contribution in [3.8, 4) is 0 Å². The van der Waals surface area contributed by atoms with E-state index in [1.165, 1.54) is 6.26 Å². The zero-order valence-electron chi connectivity index (χ0n) is 8.53. The maximum Gasteiger partial charge on any atom is 0.146 e. The summed E-state index contributed by atoms with van der Waals surface area (Å²) in [7, 11) is 1.66. The summed E-state index contributed by atoms with van der Waals surface area (Å²) in [5, 5.41) is 0.941. The predicted octanol–water partition coefficient (Wildman–Crippen LogP) is 2.21. The summed E-state index contributed by atoms with van der Waals surface area (Å²) in [6.07, 6.45) is 6.35. The molecule has 14 heavy (non-hydrogen) atoms. The molecule has 1 aliphatic heterocycles. The molecule has 1 rings (SSSR count). The van der Waals surface area contributed by atoms with Crippen LogP contribution >= 0.6 is 11.8 Å². The highest BCUT2D eigenvalue weighted by Crippen LogP contribution is 2.19. The van der Waals surface area contributed by atoms with E-state index in [1.807, 2.05) is 6.26 Å². The van der Waals surface area contributed by atoms with Crippen LogP contribution in [-0.2, 0) is 9.47 Å². The van der Waals surface area contributed by atoms with E-state index in [0.29, 0.717) is 6.61 Å². The SMILES string of the molecule is C=COCC1CC=C(OC)C(SC)=N1. The van der Waals surface area contributed by atoms with Crippen LogP contribution in [0.15, 0.2) is 29.7 Å². The van der Waals surface area contributed by atoms with E-state index >= 15 is 0 Å². The maximum atomic E-state index is 5.20. The van der Waals surface area contributed by atoms with E-state index in [2.05, 4.69) is 17.6 Å². The Morgan fingerprint density at radius 2 is 2.57 bits per heavy atom. The first-order valence-electron chi connectivity index (χ1n) is 4.40. The Kier molecular flexibility index (Phi) is 4.59. The number of thioether (sulfide) groups is 1. The standard InChI is InChI=1S/C10H15NO2S/c1-4-13-7-8-5-6-9(12-2)10(11-8)14-3/h4,6,8H,1,5,7H2,2-3H3. The molecule has 0 aliphatic carbocycles. The Morgan fingerprint density at radius 1 is 1.79 bits per heavy atom. The quantitative estimate of drug-likeness (QED) is 0.671. The molecule has 1 unspecified atom stereocenters. The molecule has 0 spiro atoms. The summed E-state index contributed by atoms with van der Waals surface area (Å²) in [6, 6.07) is 0.189. The summed E-state index contributed by atoms with van der Waals surface area (Å²) in [5.41, 5.74) is 0. The van der Waals surface area contributed by atoms with Crippen LogP contribution in [0.2, 0.25) is 0 Å². The second-order valence-corrected chi connectivity index (χ2v) is 3.60. The zero-order valence-corrected chi connectivity index (χ0v) is 9.34. The van der Waals surface area contributed by atoms with Crippen LogP contribution in [0.25, 0.3) is 0 Å². The molecule has 0 aromatic carbocycles. The van der Waals surface area contributed by atoms with Crippen molar-refractivity contribution in [1.82, 2.24) is 0 Å². The third-order valence-corrected chi connectivity index (χ3v) is 2.60. The number of ether oxygens (including phenoxy) is 2. The number of hydrogen-bond donors (Lipinski definition) is 0. The van der Waals surface area contributed by atoms with Gasteiger partial charge in [-0.15, -0.1) is 11.8 Å². The lowest BCUT2D eigenvalue weighted by Gasteiger charge is -2.18. The van der Waals surface area contributed by atoms with E-state index in [4.69, 9.17) is 9.47 Å². The summed E-state index contributed by atoms with van der Waals surface area (Å²) in [4.78, 5) is 4.50. The topological polar surface area (TPSA) is 30.8 Å². The average Bonchev–Trinajstić information content (AvgIpc) is 2.25. The monoisotopic (exact) mass is 213 g/mol. The summed E-state index contributed by atoms with van der Waals surface area (Å²) >= 11 is 1.59. The molecule has 0 bridgehead atoms.